The van der Waals surface area contributed by atoms with Crippen LogP contribution in [-0.4, -0.2) is 32.5 Å². The highest BCUT2D eigenvalue weighted by Crippen LogP contribution is 2.25. The Morgan fingerprint density at radius 2 is 2.04 bits per heavy atom. The quantitative estimate of drug-likeness (QED) is 0.777. The lowest BCUT2D eigenvalue weighted by Gasteiger charge is -2.26. The number of carbonyl (C=O) groups excluding carboxylic acids is 1. The minimum Gasteiger partial charge on any atom is -0.353 e. The number of amides is 1. The van der Waals surface area contributed by atoms with E-state index in [1.807, 2.05) is 12.1 Å². The van der Waals surface area contributed by atoms with Gasteiger partial charge in [-0.2, -0.15) is 0 Å². The standard InChI is InChI=1S/C20H28N4OS/c1-4-24-19(16-7-5-6-15(3)12-16)22-23-20(24)26-13-18(25)21-17-10-8-14(2)9-11-17/h5-7,12,14,17H,4,8-11,13H2,1-3H3,(H,21,25). The second-order valence-corrected chi connectivity index (χ2v) is 8.18. The first-order valence-corrected chi connectivity index (χ1v) is 10.5. The number of thioether (sulfide) groups is 1. The van der Waals surface area contributed by atoms with E-state index in [0.717, 1.165) is 41.8 Å². The summed E-state index contributed by atoms with van der Waals surface area (Å²) in [7, 11) is 0. The average Bonchev–Trinajstić information content (AvgIpc) is 3.05. The molecule has 1 N–H and O–H groups in total. The molecule has 1 saturated carbocycles. The SMILES string of the molecule is CCn1c(SCC(=O)NC2CCC(C)CC2)nnc1-c1cccc(C)c1. The largest absolute Gasteiger partial charge is 0.353 e. The van der Waals surface area contributed by atoms with Gasteiger partial charge in [0.15, 0.2) is 11.0 Å². The van der Waals surface area contributed by atoms with E-state index in [0.29, 0.717) is 11.8 Å². The normalized spacial score (nSPS) is 20.1. The van der Waals surface area contributed by atoms with Crippen molar-refractivity contribution in [1.82, 2.24) is 20.1 Å². The summed E-state index contributed by atoms with van der Waals surface area (Å²) in [5.74, 6) is 2.14. The third-order valence-electron chi connectivity index (χ3n) is 5.02. The van der Waals surface area contributed by atoms with E-state index >= 15 is 0 Å². The van der Waals surface area contributed by atoms with Crippen molar-refractivity contribution >= 4 is 17.7 Å². The number of nitrogens with one attached hydrogen (secondary N) is 1. The average molecular weight is 373 g/mol. The summed E-state index contributed by atoms with van der Waals surface area (Å²) in [6, 6.07) is 8.61. The van der Waals surface area contributed by atoms with Gasteiger partial charge in [0.1, 0.15) is 0 Å². The van der Waals surface area contributed by atoms with Crippen LogP contribution >= 0.6 is 11.8 Å². The van der Waals surface area contributed by atoms with Gasteiger partial charge in [-0.15, -0.1) is 10.2 Å². The number of hydrogen-bond acceptors (Lipinski definition) is 4. The highest BCUT2D eigenvalue weighted by molar-refractivity contribution is 7.99. The molecule has 1 heterocycles. The number of aryl methyl sites for hydroxylation is 1. The fourth-order valence-corrected chi connectivity index (χ4v) is 4.30. The Morgan fingerprint density at radius 1 is 1.27 bits per heavy atom. The molecule has 2 aromatic rings. The summed E-state index contributed by atoms with van der Waals surface area (Å²) in [4.78, 5) is 12.3. The molecule has 0 aliphatic heterocycles. The lowest BCUT2D eigenvalue weighted by Crippen LogP contribution is -2.38. The zero-order valence-electron chi connectivity index (χ0n) is 15.9. The van der Waals surface area contributed by atoms with Crippen LogP contribution in [0.15, 0.2) is 29.4 Å². The third kappa shape index (κ3) is 4.67. The molecule has 1 fully saturated rings. The molecule has 1 aromatic carbocycles. The fourth-order valence-electron chi connectivity index (χ4n) is 3.48. The second-order valence-electron chi connectivity index (χ2n) is 7.23. The second kappa shape index (κ2) is 8.71. The van der Waals surface area contributed by atoms with E-state index in [4.69, 9.17) is 0 Å². The molecule has 140 valence electrons. The van der Waals surface area contributed by atoms with Gasteiger partial charge in [-0.25, -0.2) is 0 Å². The maximum atomic E-state index is 12.3. The van der Waals surface area contributed by atoms with Crippen molar-refractivity contribution in [2.24, 2.45) is 5.92 Å². The van der Waals surface area contributed by atoms with Crippen LogP contribution in [0.4, 0.5) is 0 Å². The Balaban J connectivity index is 1.60. The van der Waals surface area contributed by atoms with Gasteiger partial charge < -0.3 is 9.88 Å². The first kappa shape index (κ1) is 19.0. The molecule has 3 rings (SSSR count). The van der Waals surface area contributed by atoms with Crippen LogP contribution in [0.5, 0.6) is 0 Å². The number of nitrogens with zero attached hydrogens (tertiary/aromatic N) is 3. The molecule has 1 amide bonds. The summed E-state index contributed by atoms with van der Waals surface area (Å²) in [6.45, 7) is 7.22. The number of hydrogen-bond donors (Lipinski definition) is 1. The van der Waals surface area contributed by atoms with E-state index in [9.17, 15) is 4.79 Å². The molecule has 26 heavy (non-hydrogen) atoms. The number of aromatic nitrogens is 3. The highest BCUT2D eigenvalue weighted by Gasteiger charge is 2.20. The first-order chi connectivity index (χ1) is 12.6. The third-order valence-corrected chi connectivity index (χ3v) is 5.99. The molecule has 0 bridgehead atoms. The van der Waals surface area contributed by atoms with Crippen LogP contribution in [0, 0.1) is 12.8 Å². The van der Waals surface area contributed by atoms with Crippen LogP contribution in [0.1, 0.15) is 45.1 Å². The van der Waals surface area contributed by atoms with Crippen LogP contribution < -0.4 is 5.32 Å². The topological polar surface area (TPSA) is 59.8 Å². The molecular weight excluding hydrogens is 344 g/mol. The Kier molecular flexibility index (Phi) is 6.35. The van der Waals surface area contributed by atoms with Crippen molar-refractivity contribution in [3.05, 3.63) is 29.8 Å². The van der Waals surface area contributed by atoms with Gasteiger partial charge >= 0.3 is 0 Å². The Hall–Kier alpha value is -1.82. The molecule has 1 aliphatic rings. The van der Waals surface area contributed by atoms with Crippen LogP contribution in [-0.2, 0) is 11.3 Å². The van der Waals surface area contributed by atoms with Crippen LogP contribution in [0.25, 0.3) is 11.4 Å². The monoisotopic (exact) mass is 372 g/mol. The fraction of sp³-hybridized carbons (Fsp3) is 0.550. The van der Waals surface area contributed by atoms with E-state index in [-0.39, 0.29) is 5.91 Å². The molecule has 1 aliphatic carbocycles. The number of rotatable bonds is 6. The number of carbonyl (C=O) groups is 1. The van der Waals surface area contributed by atoms with Gasteiger partial charge in [-0.05, 0) is 51.5 Å². The zero-order valence-corrected chi connectivity index (χ0v) is 16.7. The van der Waals surface area contributed by atoms with Gasteiger partial charge in [0.2, 0.25) is 5.91 Å². The first-order valence-electron chi connectivity index (χ1n) is 9.49. The minimum absolute atomic E-state index is 0.0947. The van der Waals surface area contributed by atoms with E-state index in [1.165, 1.54) is 30.2 Å². The Morgan fingerprint density at radius 3 is 2.73 bits per heavy atom. The molecule has 0 spiro atoms. The molecule has 1 aromatic heterocycles. The van der Waals surface area contributed by atoms with Gasteiger partial charge in [0, 0.05) is 18.2 Å². The predicted octanol–water partition coefficient (Wildman–Crippen LogP) is 4.06. The maximum Gasteiger partial charge on any atom is 0.230 e. The molecule has 0 atom stereocenters. The summed E-state index contributed by atoms with van der Waals surface area (Å²) in [5, 5.41) is 12.7. The summed E-state index contributed by atoms with van der Waals surface area (Å²) < 4.78 is 2.08. The Labute approximate surface area is 160 Å². The highest BCUT2D eigenvalue weighted by atomic mass is 32.2. The number of benzene rings is 1. The van der Waals surface area contributed by atoms with Crippen molar-refractivity contribution in [2.75, 3.05) is 5.75 Å². The van der Waals surface area contributed by atoms with Crippen LogP contribution in [0.3, 0.4) is 0 Å². The molecule has 5 nitrogen and oxygen atoms in total. The van der Waals surface area contributed by atoms with Crippen molar-refractivity contribution in [3.63, 3.8) is 0 Å². The van der Waals surface area contributed by atoms with E-state index in [2.05, 4.69) is 53.0 Å². The summed E-state index contributed by atoms with van der Waals surface area (Å²) in [6.07, 6.45) is 4.62. The lowest BCUT2D eigenvalue weighted by atomic mass is 9.87. The van der Waals surface area contributed by atoms with Crippen LogP contribution in [0.2, 0.25) is 0 Å². The molecule has 0 saturated heterocycles. The van der Waals surface area contributed by atoms with E-state index < -0.39 is 0 Å². The summed E-state index contributed by atoms with van der Waals surface area (Å²) in [5.41, 5.74) is 2.26. The van der Waals surface area contributed by atoms with E-state index in [1.54, 1.807) is 0 Å². The smallest absolute Gasteiger partial charge is 0.230 e. The summed E-state index contributed by atoms with van der Waals surface area (Å²) >= 11 is 1.47. The van der Waals surface area contributed by atoms with Gasteiger partial charge in [-0.1, -0.05) is 42.4 Å². The maximum absolute atomic E-state index is 12.3. The van der Waals surface area contributed by atoms with Crippen molar-refractivity contribution in [3.8, 4) is 11.4 Å². The minimum atomic E-state index is 0.0947. The van der Waals surface area contributed by atoms with Gasteiger partial charge in [0.25, 0.3) is 0 Å². The molecular formula is C20H28N4OS. The van der Waals surface area contributed by atoms with Crippen molar-refractivity contribution in [1.29, 1.82) is 0 Å². The van der Waals surface area contributed by atoms with Crippen molar-refractivity contribution in [2.45, 2.75) is 64.2 Å². The molecule has 0 unspecified atom stereocenters. The van der Waals surface area contributed by atoms with Gasteiger partial charge in [-0.3, -0.25) is 4.79 Å². The van der Waals surface area contributed by atoms with Crippen molar-refractivity contribution < 1.29 is 4.79 Å². The lowest BCUT2D eigenvalue weighted by molar-refractivity contribution is -0.119. The van der Waals surface area contributed by atoms with Gasteiger partial charge in [0.05, 0.1) is 5.75 Å². The molecule has 0 radical (unpaired) electrons. The predicted molar refractivity (Wildman–Crippen MR) is 106 cm³/mol. The molecule has 6 heteroatoms. The Bertz CT molecular complexity index is 750. The zero-order chi connectivity index (χ0) is 18.5.